The Kier molecular flexibility index (Phi) is 3.54. The molecule has 0 saturated heterocycles. The fraction of sp³-hybridized carbons (Fsp3) is 0.125. The van der Waals surface area contributed by atoms with Gasteiger partial charge in [0.1, 0.15) is 11.2 Å². The third kappa shape index (κ3) is 2.78. The molecular weight excluding hydrogens is 300 g/mol. The van der Waals surface area contributed by atoms with Gasteiger partial charge in [-0.05, 0) is 38.1 Å². The lowest BCUT2D eigenvalue weighted by Crippen LogP contribution is -2.11. The van der Waals surface area contributed by atoms with Crippen LogP contribution in [0.15, 0.2) is 53.7 Å². The Bertz CT molecular complexity index is 935. The molecule has 2 aromatic carbocycles. The molecule has 3 rings (SSSR count). The first-order chi connectivity index (χ1) is 10.5. The van der Waals surface area contributed by atoms with E-state index < -0.39 is 10.1 Å². The standard InChI is InChI=1S/C16H14N2O3S/c1-11-3-6-13(7-4-11)22(19,20)21-16-14-9-12(2)5-8-15(14)17-10-18-16/h3-10H,1-2H3. The molecule has 3 aromatic rings. The molecule has 6 heteroatoms. The van der Waals surface area contributed by atoms with Gasteiger partial charge in [0.05, 0.1) is 10.9 Å². The van der Waals surface area contributed by atoms with Crippen LogP contribution in [0.3, 0.4) is 0 Å². The molecule has 0 fully saturated rings. The minimum atomic E-state index is -3.92. The van der Waals surface area contributed by atoms with E-state index in [0.29, 0.717) is 10.9 Å². The number of benzene rings is 2. The Hall–Kier alpha value is -2.47. The van der Waals surface area contributed by atoms with Crippen molar-refractivity contribution >= 4 is 21.0 Å². The van der Waals surface area contributed by atoms with Crippen LogP contribution in [0.4, 0.5) is 0 Å². The van der Waals surface area contributed by atoms with Crippen molar-refractivity contribution in [3.63, 3.8) is 0 Å². The van der Waals surface area contributed by atoms with Crippen molar-refractivity contribution in [2.45, 2.75) is 18.7 Å². The van der Waals surface area contributed by atoms with Crippen LogP contribution in [0.5, 0.6) is 5.88 Å². The summed E-state index contributed by atoms with van der Waals surface area (Å²) < 4.78 is 29.9. The van der Waals surface area contributed by atoms with E-state index in [4.69, 9.17) is 4.18 Å². The molecular formula is C16H14N2O3S. The maximum atomic E-state index is 12.4. The lowest BCUT2D eigenvalue weighted by molar-refractivity contribution is 0.479. The second kappa shape index (κ2) is 5.38. The average molecular weight is 314 g/mol. The second-order valence-electron chi connectivity index (χ2n) is 5.05. The predicted octanol–water partition coefficient (Wildman–Crippen LogP) is 3.01. The highest BCUT2D eigenvalue weighted by Crippen LogP contribution is 2.25. The summed E-state index contributed by atoms with van der Waals surface area (Å²) in [6.07, 6.45) is 1.29. The van der Waals surface area contributed by atoms with Gasteiger partial charge in [-0.3, -0.25) is 0 Å². The highest BCUT2D eigenvalue weighted by Gasteiger charge is 2.19. The molecule has 0 saturated carbocycles. The molecule has 112 valence electrons. The van der Waals surface area contributed by atoms with Gasteiger partial charge in [-0.1, -0.05) is 29.3 Å². The van der Waals surface area contributed by atoms with Crippen molar-refractivity contribution in [1.29, 1.82) is 0 Å². The summed E-state index contributed by atoms with van der Waals surface area (Å²) in [5.74, 6) is 0.0364. The van der Waals surface area contributed by atoms with Gasteiger partial charge in [-0.2, -0.15) is 8.42 Å². The zero-order valence-electron chi connectivity index (χ0n) is 12.1. The Labute approximate surface area is 128 Å². The van der Waals surface area contributed by atoms with Crippen LogP contribution >= 0.6 is 0 Å². The van der Waals surface area contributed by atoms with Crippen LogP contribution in [0, 0.1) is 13.8 Å². The monoisotopic (exact) mass is 314 g/mol. The van der Waals surface area contributed by atoms with Gasteiger partial charge in [0.25, 0.3) is 0 Å². The zero-order chi connectivity index (χ0) is 15.7. The van der Waals surface area contributed by atoms with Crippen LogP contribution in [0.2, 0.25) is 0 Å². The van der Waals surface area contributed by atoms with E-state index in [9.17, 15) is 8.42 Å². The van der Waals surface area contributed by atoms with Gasteiger partial charge in [0.2, 0.25) is 5.88 Å². The highest BCUT2D eigenvalue weighted by molar-refractivity contribution is 7.87. The smallest absolute Gasteiger partial charge is 0.340 e. The second-order valence-corrected chi connectivity index (χ2v) is 6.60. The van der Waals surface area contributed by atoms with E-state index in [-0.39, 0.29) is 10.8 Å². The highest BCUT2D eigenvalue weighted by atomic mass is 32.2. The van der Waals surface area contributed by atoms with Gasteiger partial charge in [0.15, 0.2) is 0 Å². The first kappa shape index (κ1) is 14.5. The van der Waals surface area contributed by atoms with Crippen LogP contribution in [0.25, 0.3) is 10.9 Å². The van der Waals surface area contributed by atoms with Crippen molar-refractivity contribution in [2.75, 3.05) is 0 Å². The van der Waals surface area contributed by atoms with E-state index in [0.717, 1.165) is 11.1 Å². The third-order valence-electron chi connectivity index (χ3n) is 3.25. The number of aryl methyl sites for hydroxylation is 2. The largest absolute Gasteiger partial charge is 0.357 e. The minimum absolute atomic E-state index is 0.0364. The van der Waals surface area contributed by atoms with Crippen molar-refractivity contribution in [2.24, 2.45) is 0 Å². The van der Waals surface area contributed by atoms with Crippen molar-refractivity contribution in [1.82, 2.24) is 9.97 Å². The number of nitrogens with zero attached hydrogens (tertiary/aromatic N) is 2. The van der Waals surface area contributed by atoms with Crippen LogP contribution in [-0.4, -0.2) is 18.4 Å². The fourth-order valence-electron chi connectivity index (χ4n) is 2.07. The zero-order valence-corrected chi connectivity index (χ0v) is 13.0. The van der Waals surface area contributed by atoms with E-state index in [2.05, 4.69) is 9.97 Å². The van der Waals surface area contributed by atoms with Crippen LogP contribution < -0.4 is 4.18 Å². The number of aromatic nitrogens is 2. The summed E-state index contributed by atoms with van der Waals surface area (Å²) in [7, 11) is -3.92. The maximum Gasteiger partial charge on any atom is 0.340 e. The molecule has 0 unspecified atom stereocenters. The summed E-state index contributed by atoms with van der Waals surface area (Å²) in [4.78, 5) is 8.17. The van der Waals surface area contributed by atoms with Gasteiger partial charge < -0.3 is 4.18 Å². The van der Waals surface area contributed by atoms with Crippen LogP contribution in [0.1, 0.15) is 11.1 Å². The molecule has 22 heavy (non-hydrogen) atoms. The lowest BCUT2D eigenvalue weighted by atomic mass is 10.2. The lowest BCUT2D eigenvalue weighted by Gasteiger charge is -2.08. The molecule has 0 spiro atoms. The van der Waals surface area contributed by atoms with E-state index in [1.165, 1.54) is 18.5 Å². The van der Waals surface area contributed by atoms with Gasteiger partial charge in [-0.25, -0.2) is 9.97 Å². The Morgan fingerprint density at radius 1 is 0.909 bits per heavy atom. The van der Waals surface area contributed by atoms with Crippen molar-refractivity contribution in [3.05, 3.63) is 59.9 Å². The molecule has 0 aliphatic carbocycles. The van der Waals surface area contributed by atoms with E-state index in [1.807, 2.05) is 19.9 Å². The summed E-state index contributed by atoms with van der Waals surface area (Å²) in [5.41, 5.74) is 2.58. The molecule has 0 aliphatic heterocycles. The number of hydrogen-bond donors (Lipinski definition) is 0. The average Bonchev–Trinajstić information content (AvgIpc) is 2.48. The predicted molar refractivity (Wildman–Crippen MR) is 83.3 cm³/mol. The normalized spacial score (nSPS) is 11.5. The first-order valence-corrected chi connectivity index (χ1v) is 8.09. The minimum Gasteiger partial charge on any atom is -0.357 e. The molecule has 1 aromatic heterocycles. The SMILES string of the molecule is Cc1ccc(S(=O)(=O)Oc2ncnc3ccc(C)cc23)cc1. The third-order valence-corrected chi connectivity index (χ3v) is 4.48. The maximum absolute atomic E-state index is 12.4. The first-order valence-electron chi connectivity index (χ1n) is 6.68. The summed E-state index contributed by atoms with van der Waals surface area (Å²) in [6.45, 7) is 3.79. The summed E-state index contributed by atoms with van der Waals surface area (Å²) in [5, 5.41) is 0.568. The molecule has 0 amide bonds. The molecule has 5 nitrogen and oxygen atoms in total. The summed E-state index contributed by atoms with van der Waals surface area (Å²) >= 11 is 0. The van der Waals surface area contributed by atoms with E-state index >= 15 is 0 Å². The van der Waals surface area contributed by atoms with E-state index in [1.54, 1.807) is 24.3 Å². The van der Waals surface area contributed by atoms with Crippen molar-refractivity contribution < 1.29 is 12.6 Å². The van der Waals surface area contributed by atoms with Gasteiger partial charge in [0, 0.05) is 0 Å². The number of hydrogen-bond acceptors (Lipinski definition) is 5. The quantitative estimate of drug-likeness (QED) is 0.695. The molecule has 0 radical (unpaired) electrons. The Balaban J connectivity index is 2.06. The molecule has 0 bridgehead atoms. The van der Waals surface area contributed by atoms with Gasteiger partial charge >= 0.3 is 10.1 Å². The molecule has 0 aliphatic rings. The summed E-state index contributed by atoms with van der Waals surface area (Å²) in [6, 6.07) is 12.0. The number of rotatable bonds is 3. The molecule has 0 N–H and O–H groups in total. The Morgan fingerprint density at radius 2 is 1.59 bits per heavy atom. The topological polar surface area (TPSA) is 69.2 Å². The Morgan fingerprint density at radius 3 is 2.32 bits per heavy atom. The molecule has 0 atom stereocenters. The van der Waals surface area contributed by atoms with Gasteiger partial charge in [-0.15, -0.1) is 0 Å². The fourth-order valence-corrected chi connectivity index (χ4v) is 2.98. The number of fused-ring (bicyclic) bond motifs is 1. The molecule has 1 heterocycles. The van der Waals surface area contributed by atoms with Crippen molar-refractivity contribution in [3.8, 4) is 5.88 Å². The van der Waals surface area contributed by atoms with Crippen LogP contribution in [-0.2, 0) is 10.1 Å².